The van der Waals surface area contributed by atoms with Crippen molar-refractivity contribution in [3.63, 3.8) is 0 Å². The summed E-state index contributed by atoms with van der Waals surface area (Å²) in [6, 6.07) is 2.76. The first-order valence-corrected chi connectivity index (χ1v) is 10.8. The molecule has 0 aromatic carbocycles. The monoisotopic (exact) mass is 429 g/mol. The number of carbonyl (C=O) groups excluding carboxylic acids is 2. The molecule has 2 rings (SSSR count). The van der Waals surface area contributed by atoms with Crippen molar-refractivity contribution in [2.75, 3.05) is 13.7 Å². The van der Waals surface area contributed by atoms with Crippen LogP contribution >= 0.6 is 11.3 Å². The van der Waals surface area contributed by atoms with Gasteiger partial charge < -0.3 is 14.7 Å². The fraction of sp³-hybridized carbons (Fsp3) is 0.619. The van der Waals surface area contributed by atoms with Crippen LogP contribution in [0, 0.1) is 0 Å². The van der Waals surface area contributed by atoms with Crippen LogP contribution in [0.5, 0.6) is 0 Å². The van der Waals surface area contributed by atoms with Gasteiger partial charge in [0.25, 0.3) is 5.91 Å². The number of nitrogens with zero attached hydrogens (tertiary/aromatic N) is 1. The van der Waals surface area contributed by atoms with Crippen molar-refractivity contribution in [2.24, 2.45) is 0 Å². The summed E-state index contributed by atoms with van der Waals surface area (Å²) in [6.07, 6.45) is 6.42. The van der Waals surface area contributed by atoms with Gasteiger partial charge in [0.05, 0.1) is 19.3 Å². The van der Waals surface area contributed by atoms with E-state index >= 15 is 0 Å². The van der Waals surface area contributed by atoms with E-state index < -0.39 is 36.4 Å². The summed E-state index contributed by atoms with van der Waals surface area (Å²) in [5.74, 6) is -4.93. The molecule has 5 nitrogen and oxygen atoms in total. The highest BCUT2D eigenvalue weighted by molar-refractivity contribution is 7.13. The van der Waals surface area contributed by atoms with Crippen molar-refractivity contribution in [1.82, 2.24) is 4.90 Å². The van der Waals surface area contributed by atoms with Crippen molar-refractivity contribution in [1.29, 1.82) is 0 Å². The molecule has 1 aromatic heterocycles. The largest absolute Gasteiger partial charge is 0.465 e. The van der Waals surface area contributed by atoms with Gasteiger partial charge in [0, 0.05) is 17.8 Å². The lowest BCUT2D eigenvalue weighted by Crippen LogP contribution is -2.36. The van der Waals surface area contributed by atoms with Crippen LogP contribution in [0.3, 0.4) is 0 Å². The van der Waals surface area contributed by atoms with Crippen molar-refractivity contribution in [3.05, 3.63) is 34.0 Å². The van der Waals surface area contributed by atoms with Crippen LogP contribution in [-0.2, 0) is 16.0 Å². The molecule has 1 N–H and O–H groups in total. The number of ether oxygens (including phenoxy) is 1. The number of carbonyl (C=O) groups is 2. The van der Waals surface area contributed by atoms with Crippen molar-refractivity contribution in [2.45, 2.75) is 69.9 Å². The molecule has 0 unspecified atom stereocenters. The Labute approximate surface area is 174 Å². The summed E-state index contributed by atoms with van der Waals surface area (Å²) < 4.78 is 32.6. The number of amides is 1. The normalized spacial score (nSPS) is 19.8. The van der Waals surface area contributed by atoms with Crippen LogP contribution < -0.4 is 0 Å². The van der Waals surface area contributed by atoms with Gasteiger partial charge in [-0.3, -0.25) is 4.79 Å². The topological polar surface area (TPSA) is 66.8 Å². The standard InChI is InChI=1S/C21H29F2NO4S/c1-3-4-5-7-16(25)10-9-15-14-21(22,23)20(27)24(15)13-6-8-17-11-12-18(29-17)19(26)28-2/h9-12,15-16,25H,3-8,13-14H2,1-2H3/t15-,16-/m0/s1. The second-order valence-electron chi connectivity index (χ2n) is 7.28. The molecular formula is C21H29F2NO4S. The second-order valence-corrected chi connectivity index (χ2v) is 8.45. The first-order valence-electron chi connectivity index (χ1n) is 10.0. The zero-order chi connectivity index (χ0) is 21.4. The van der Waals surface area contributed by atoms with Crippen LogP contribution in [-0.4, -0.2) is 53.6 Å². The lowest BCUT2D eigenvalue weighted by Gasteiger charge is -2.21. The van der Waals surface area contributed by atoms with Crippen LogP contribution in [0.15, 0.2) is 24.3 Å². The van der Waals surface area contributed by atoms with E-state index in [4.69, 9.17) is 0 Å². The molecule has 1 saturated heterocycles. The first kappa shape index (κ1) is 23.5. The quantitative estimate of drug-likeness (QED) is 0.325. The number of hydrogen-bond acceptors (Lipinski definition) is 5. The number of aryl methyl sites for hydroxylation is 1. The van der Waals surface area contributed by atoms with Gasteiger partial charge in [0.2, 0.25) is 0 Å². The predicted molar refractivity (Wildman–Crippen MR) is 108 cm³/mol. The Morgan fingerprint density at radius 2 is 2.17 bits per heavy atom. The molecule has 162 valence electrons. The van der Waals surface area contributed by atoms with Crippen LogP contribution in [0.4, 0.5) is 8.78 Å². The van der Waals surface area contributed by atoms with Crippen LogP contribution in [0.1, 0.15) is 60.0 Å². The minimum Gasteiger partial charge on any atom is -0.465 e. The third-order valence-electron chi connectivity index (χ3n) is 4.97. The molecule has 1 amide bonds. The van der Waals surface area contributed by atoms with E-state index in [0.717, 1.165) is 24.1 Å². The maximum absolute atomic E-state index is 14.0. The molecule has 8 heteroatoms. The van der Waals surface area contributed by atoms with E-state index in [-0.39, 0.29) is 6.54 Å². The molecule has 1 aliphatic rings. The van der Waals surface area contributed by atoms with Gasteiger partial charge in [-0.05, 0) is 31.4 Å². The summed E-state index contributed by atoms with van der Waals surface area (Å²) in [6.45, 7) is 2.26. The molecule has 1 aromatic rings. The lowest BCUT2D eigenvalue weighted by atomic mass is 10.1. The van der Waals surface area contributed by atoms with Gasteiger partial charge in [-0.15, -0.1) is 11.3 Å². The number of methoxy groups -OCH3 is 1. The number of aliphatic hydroxyl groups excluding tert-OH is 1. The minimum absolute atomic E-state index is 0.195. The van der Waals surface area contributed by atoms with Crippen molar-refractivity contribution >= 4 is 23.2 Å². The maximum Gasteiger partial charge on any atom is 0.348 e. The Hall–Kier alpha value is -1.80. The molecule has 1 fully saturated rings. The van der Waals surface area contributed by atoms with E-state index in [1.165, 1.54) is 35.5 Å². The van der Waals surface area contributed by atoms with Crippen molar-refractivity contribution < 1.29 is 28.2 Å². The summed E-state index contributed by atoms with van der Waals surface area (Å²) in [7, 11) is 1.31. The van der Waals surface area contributed by atoms with Gasteiger partial charge in [-0.1, -0.05) is 38.3 Å². The number of likely N-dealkylation sites (tertiary alicyclic amines) is 1. The van der Waals surface area contributed by atoms with E-state index in [1.807, 2.05) is 0 Å². The van der Waals surface area contributed by atoms with Gasteiger partial charge in [-0.2, -0.15) is 8.78 Å². The molecule has 29 heavy (non-hydrogen) atoms. The summed E-state index contributed by atoms with van der Waals surface area (Å²) in [5.41, 5.74) is 0. The summed E-state index contributed by atoms with van der Waals surface area (Å²) >= 11 is 1.30. The van der Waals surface area contributed by atoms with E-state index in [2.05, 4.69) is 11.7 Å². The Morgan fingerprint density at radius 1 is 1.41 bits per heavy atom. The molecule has 0 saturated carbocycles. The lowest BCUT2D eigenvalue weighted by molar-refractivity contribution is -0.148. The van der Waals surface area contributed by atoms with E-state index in [0.29, 0.717) is 24.1 Å². The average molecular weight is 430 g/mol. The average Bonchev–Trinajstić information content (AvgIpc) is 3.24. The predicted octanol–water partition coefficient (Wildman–Crippen LogP) is 4.20. The molecule has 0 bridgehead atoms. The second kappa shape index (κ2) is 10.8. The van der Waals surface area contributed by atoms with Crippen molar-refractivity contribution in [3.8, 4) is 0 Å². The Balaban J connectivity index is 1.92. The zero-order valence-corrected chi connectivity index (χ0v) is 17.7. The Morgan fingerprint density at radius 3 is 2.86 bits per heavy atom. The number of thiophene rings is 1. The number of rotatable bonds is 11. The van der Waals surface area contributed by atoms with Gasteiger partial charge in [0.15, 0.2) is 0 Å². The molecular weight excluding hydrogens is 400 g/mol. The SMILES string of the molecule is CCCCC[C@H](O)C=C[C@H]1CC(F)(F)C(=O)N1CCCc1ccc(C(=O)OC)s1. The minimum atomic E-state index is -3.37. The molecule has 0 spiro atoms. The highest BCUT2D eigenvalue weighted by Gasteiger charge is 2.52. The molecule has 0 radical (unpaired) electrons. The smallest absolute Gasteiger partial charge is 0.348 e. The molecule has 2 atom stereocenters. The third-order valence-corrected chi connectivity index (χ3v) is 6.09. The van der Waals surface area contributed by atoms with E-state index in [1.54, 1.807) is 12.1 Å². The molecule has 2 heterocycles. The first-order chi connectivity index (χ1) is 13.8. The highest BCUT2D eigenvalue weighted by atomic mass is 32.1. The Kier molecular flexibility index (Phi) is 8.77. The number of aliphatic hydroxyl groups is 1. The third kappa shape index (κ3) is 6.60. The van der Waals surface area contributed by atoms with E-state index in [9.17, 15) is 23.5 Å². The fourth-order valence-electron chi connectivity index (χ4n) is 3.36. The molecule has 0 aliphatic carbocycles. The van der Waals surface area contributed by atoms with Gasteiger partial charge >= 0.3 is 11.9 Å². The van der Waals surface area contributed by atoms with Gasteiger partial charge in [0.1, 0.15) is 4.88 Å². The summed E-state index contributed by atoms with van der Waals surface area (Å²) in [5, 5.41) is 10.00. The number of hydrogen-bond donors (Lipinski definition) is 1. The van der Waals surface area contributed by atoms with Crippen LogP contribution in [0.25, 0.3) is 0 Å². The number of halogens is 2. The highest BCUT2D eigenvalue weighted by Crippen LogP contribution is 2.34. The number of alkyl halides is 2. The Bertz CT molecular complexity index is 719. The number of esters is 1. The zero-order valence-electron chi connectivity index (χ0n) is 16.9. The summed E-state index contributed by atoms with van der Waals surface area (Å²) in [4.78, 5) is 26.2. The maximum atomic E-state index is 14.0. The van der Waals surface area contributed by atoms with Crippen LogP contribution in [0.2, 0.25) is 0 Å². The fourth-order valence-corrected chi connectivity index (χ4v) is 4.33. The van der Waals surface area contributed by atoms with Gasteiger partial charge in [-0.25, -0.2) is 4.79 Å². The number of unbranched alkanes of at least 4 members (excludes halogenated alkanes) is 2. The molecule has 1 aliphatic heterocycles.